The summed E-state index contributed by atoms with van der Waals surface area (Å²) >= 11 is 0. The Labute approximate surface area is 580 Å². The number of aliphatic imine (C=N–C) groups is 3. The van der Waals surface area contributed by atoms with Gasteiger partial charge in [0, 0.05) is 81.5 Å². The minimum Gasteiger partial charge on any atom is -0.494 e. The van der Waals surface area contributed by atoms with Crippen LogP contribution < -0.4 is 40.9 Å². The Kier molecular flexibility index (Phi) is 22.2. The van der Waals surface area contributed by atoms with E-state index in [0.717, 1.165) is 5.56 Å². The van der Waals surface area contributed by atoms with Gasteiger partial charge in [-0.05, 0) is 184 Å². The van der Waals surface area contributed by atoms with Crippen molar-refractivity contribution in [1.82, 2.24) is 29.7 Å². The van der Waals surface area contributed by atoms with E-state index < -0.39 is 69.6 Å². The average Bonchev–Trinajstić information content (AvgIpc) is 1.64. The summed E-state index contributed by atoms with van der Waals surface area (Å²) in [5.74, 6) is -3.26. The second-order valence-electron chi connectivity index (χ2n) is 22.7. The molecule has 3 amide bonds. The van der Waals surface area contributed by atoms with E-state index >= 15 is 0 Å². The molecule has 6 heterocycles. The third-order valence-corrected chi connectivity index (χ3v) is 16.8. The topological polar surface area (TPSA) is 261 Å². The van der Waals surface area contributed by atoms with Crippen molar-refractivity contribution in [2.24, 2.45) is 32.2 Å². The van der Waals surface area contributed by atoms with Crippen molar-refractivity contribution < 1.29 is 64.4 Å². The third kappa shape index (κ3) is 13.7. The van der Waals surface area contributed by atoms with Gasteiger partial charge in [-0.3, -0.25) is 29.1 Å². The number of halogens is 6. The summed E-state index contributed by atoms with van der Waals surface area (Å²) in [5, 5.41) is 0. The van der Waals surface area contributed by atoms with Gasteiger partial charge in [-0.15, -0.1) is 0 Å². The second kappa shape index (κ2) is 30.6. The van der Waals surface area contributed by atoms with Crippen LogP contribution in [0.2, 0.25) is 0 Å². The summed E-state index contributed by atoms with van der Waals surface area (Å²) in [6, 6.07) is 36.3. The van der Waals surface area contributed by atoms with Crippen molar-refractivity contribution in [2.45, 2.75) is 58.2 Å². The van der Waals surface area contributed by atoms with Crippen LogP contribution in [0, 0.1) is 42.2 Å². The fourth-order valence-electron chi connectivity index (χ4n) is 11.9. The van der Waals surface area contributed by atoms with Crippen LogP contribution in [0.5, 0.6) is 28.7 Å². The predicted octanol–water partition coefficient (Wildman–Crippen LogP) is 11.1. The zero-order chi connectivity index (χ0) is 72.0. The van der Waals surface area contributed by atoms with Gasteiger partial charge in [-0.2, -0.15) is 13.2 Å². The molecule has 0 bridgehead atoms. The molecular formula is C74H70BF6N12O8. The molecule has 0 aliphatic carbocycles. The lowest BCUT2D eigenvalue weighted by Crippen LogP contribution is -2.41. The van der Waals surface area contributed by atoms with Crippen molar-refractivity contribution in [3.8, 4) is 62.1 Å². The highest BCUT2D eigenvalue weighted by atomic mass is 19.1. The Morgan fingerprint density at radius 2 is 0.614 bits per heavy atom. The number of guanidine groups is 3. The van der Waals surface area contributed by atoms with Gasteiger partial charge < -0.3 is 40.9 Å². The average molecular weight is 1380 g/mol. The highest BCUT2D eigenvalue weighted by molar-refractivity contribution is 6.11. The summed E-state index contributed by atoms with van der Waals surface area (Å²) in [7, 11) is 4.53. The van der Waals surface area contributed by atoms with Gasteiger partial charge in [0.05, 0.1) is 33.0 Å². The summed E-state index contributed by atoms with van der Waals surface area (Å²) < 4.78 is 116. The number of ether oxygens (including phenoxy) is 5. The Morgan fingerprint density at radius 1 is 0.356 bits per heavy atom. The highest BCUT2D eigenvalue weighted by Gasteiger charge is 2.53. The number of rotatable bonds is 19. The summed E-state index contributed by atoms with van der Waals surface area (Å²) in [5.41, 5.74) is 16.4. The highest BCUT2D eigenvalue weighted by Crippen LogP contribution is 2.47. The van der Waals surface area contributed by atoms with Crippen molar-refractivity contribution in [1.29, 1.82) is 0 Å². The molecule has 101 heavy (non-hydrogen) atoms. The first-order valence-corrected chi connectivity index (χ1v) is 31.6. The van der Waals surface area contributed by atoms with E-state index in [1.54, 1.807) is 48.5 Å². The molecule has 3 aromatic heterocycles. The standard InChI is InChI=1S/2C25H24F2N4O3.C24H22F2N4O2.B/c2*1-4-33-20-11-9-16(14-21(20)34-5-2)25(23(32)31(3)24(28)30-25)15-8-10-19(26)18(13-15)17-7-6-12-29-22(17)27;1-4-32-20-13-16(8-7-14(20)2)24(22(31)30(3)23(27)29-24)15-9-10-19(25)18(12-15)17-6-5-11-28-21(17)26;/h2*6-14H,4-5H2,1-3H3,(H2,28,30);5-13H,4H2,1-3H3,(H2,27,29);/t2*25-;;/m10../s1. The monoisotopic (exact) mass is 1380 g/mol. The molecule has 6 N–H and O–H groups in total. The number of amides is 3. The Balaban J connectivity index is 0.000000176. The molecule has 3 radical (unpaired) electrons. The summed E-state index contributed by atoms with van der Waals surface area (Å²) in [4.78, 5) is 68.8. The fraction of sp³-hybridized carbons (Fsp3) is 0.230. The zero-order valence-electron chi connectivity index (χ0n) is 56.5. The van der Waals surface area contributed by atoms with Crippen LogP contribution in [0.15, 0.2) is 179 Å². The quantitative estimate of drug-likeness (QED) is 0.0386. The number of nitrogens with zero attached hydrogens (tertiary/aromatic N) is 9. The van der Waals surface area contributed by atoms with Gasteiger partial charge >= 0.3 is 0 Å². The minimum absolute atomic E-state index is 0. The number of hydrogen-bond donors (Lipinski definition) is 3. The van der Waals surface area contributed by atoms with Gasteiger partial charge in [0.15, 0.2) is 57.5 Å². The number of pyridine rings is 3. The molecule has 27 heteroatoms. The van der Waals surface area contributed by atoms with E-state index in [4.69, 9.17) is 40.9 Å². The number of carbonyl (C=O) groups is 3. The molecular weight excluding hydrogens is 1310 g/mol. The molecule has 0 fully saturated rings. The lowest BCUT2D eigenvalue weighted by atomic mass is 9.81. The summed E-state index contributed by atoms with van der Waals surface area (Å²) in [6.07, 6.45) is 3.83. The van der Waals surface area contributed by atoms with Crippen LogP contribution in [0.1, 0.15) is 73.6 Å². The third-order valence-electron chi connectivity index (χ3n) is 16.8. The molecule has 0 saturated carbocycles. The van der Waals surface area contributed by atoms with Crippen molar-refractivity contribution in [2.75, 3.05) is 54.2 Å². The molecule has 12 rings (SSSR count). The van der Waals surface area contributed by atoms with Gasteiger partial charge in [0.2, 0.25) is 17.8 Å². The SMILES string of the molecule is CCOc1cc(C2(c3ccc(F)c(-c4cccnc4F)c3)N=C(N)N(C)C2=O)ccc1C.CCOc1ccc([C@@]2(c3ccc(F)c(-c4cccnc4F)c3)N=C(N)N(C)C2=O)cc1OCC.CCOc1ccc([C@]2(c3ccc(F)c(-c4cccnc4F)c3)N=C(N)N(C)C2=O)cc1OCC.[B]. The van der Waals surface area contributed by atoms with E-state index in [1.165, 1.54) is 145 Å². The minimum atomic E-state index is -1.63. The van der Waals surface area contributed by atoms with Gasteiger partial charge in [0.1, 0.15) is 23.2 Å². The molecule has 6 aromatic carbocycles. The number of hydrogen-bond acceptors (Lipinski definition) is 17. The Hall–Kier alpha value is -11.8. The predicted molar refractivity (Wildman–Crippen MR) is 370 cm³/mol. The lowest BCUT2D eigenvalue weighted by molar-refractivity contribution is -0.130. The first-order valence-electron chi connectivity index (χ1n) is 31.6. The van der Waals surface area contributed by atoms with E-state index in [-0.39, 0.29) is 59.7 Å². The number of carbonyl (C=O) groups excluding carboxylic acids is 3. The molecule has 0 saturated heterocycles. The molecule has 519 valence electrons. The normalized spacial score (nSPS) is 17.6. The molecule has 1 unspecified atom stereocenters. The van der Waals surface area contributed by atoms with Gasteiger partial charge in [0.25, 0.3) is 17.7 Å². The molecule has 3 aliphatic rings. The van der Waals surface area contributed by atoms with E-state index in [1.807, 2.05) is 47.6 Å². The van der Waals surface area contributed by atoms with Crippen LogP contribution in [0.3, 0.4) is 0 Å². The van der Waals surface area contributed by atoms with Crippen LogP contribution in [0.25, 0.3) is 33.4 Å². The smallest absolute Gasteiger partial charge is 0.266 e. The molecule has 0 spiro atoms. The van der Waals surface area contributed by atoms with Gasteiger partial charge in [-0.1, -0.05) is 42.5 Å². The van der Waals surface area contributed by atoms with E-state index in [9.17, 15) is 40.7 Å². The second-order valence-corrected chi connectivity index (χ2v) is 22.7. The number of benzene rings is 6. The number of nitrogens with two attached hydrogens (primary N) is 3. The molecule has 3 aliphatic heterocycles. The summed E-state index contributed by atoms with van der Waals surface area (Å²) in [6.45, 7) is 13.2. The molecule has 20 nitrogen and oxygen atoms in total. The van der Waals surface area contributed by atoms with Crippen molar-refractivity contribution in [3.05, 3.63) is 238 Å². The number of aryl methyl sites for hydroxylation is 1. The maximum atomic E-state index is 14.8. The Morgan fingerprint density at radius 3 is 0.891 bits per heavy atom. The largest absolute Gasteiger partial charge is 0.494 e. The maximum absolute atomic E-state index is 14.8. The first-order chi connectivity index (χ1) is 47.9. The first kappa shape index (κ1) is 73.5. The molecule has 9 aromatic rings. The van der Waals surface area contributed by atoms with Crippen molar-refractivity contribution >= 4 is 44.0 Å². The Bertz CT molecular complexity index is 4550. The van der Waals surface area contributed by atoms with Crippen LogP contribution in [0.4, 0.5) is 26.3 Å². The lowest BCUT2D eigenvalue weighted by Gasteiger charge is -2.27. The molecule has 3 atom stereocenters. The van der Waals surface area contributed by atoms with Gasteiger partial charge in [-0.25, -0.2) is 43.1 Å². The van der Waals surface area contributed by atoms with E-state index in [2.05, 4.69) is 29.9 Å². The van der Waals surface area contributed by atoms with E-state index in [0.29, 0.717) is 95.2 Å². The number of likely N-dealkylation sites (N-methyl/N-ethyl adjacent to an activating group) is 3. The number of aromatic nitrogens is 3. The van der Waals surface area contributed by atoms with Crippen LogP contribution in [-0.2, 0) is 31.0 Å². The zero-order valence-corrected chi connectivity index (χ0v) is 56.5. The van der Waals surface area contributed by atoms with Crippen molar-refractivity contribution in [3.63, 3.8) is 0 Å². The maximum Gasteiger partial charge on any atom is 0.266 e. The van der Waals surface area contributed by atoms with Crippen LogP contribution in [-0.4, -0.2) is 128 Å². The fourth-order valence-corrected chi connectivity index (χ4v) is 11.9. The van der Waals surface area contributed by atoms with Crippen LogP contribution >= 0.6 is 0 Å².